The summed E-state index contributed by atoms with van der Waals surface area (Å²) in [6, 6.07) is 15.3. The lowest BCUT2D eigenvalue weighted by atomic mass is 10.1. The van der Waals surface area contributed by atoms with Crippen LogP contribution in [0.3, 0.4) is 0 Å². The maximum Gasteiger partial charge on any atom is 0.123 e. The zero-order chi connectivity index (χ0) is 16.5. The lowest BCUT2D eigenvalue weighted by Crippen LogP contribution is -2.33. The van der Waals surface area contributed by atoms with Gasteiger partial charge in [-0.25, -0.2) is 9.37 Å². The van der Waals surface area contributed by atoms with E-state index < -0.39 is 0 Å². The van der Waals surface area contributed by atoms with Gasteiger partial charge in [0.05, 0.1) is 18.4 Å². The van der Waals surface area contributed by atoms with E-state index in [0.717, 1.165) is 37.6 Å². The van der Waals surface area contributed by atoms with Gasteiger partial charge >= 0.3 is 0 Å². The highest BCUT2D eigenvalue weighted by molar-refractivity contribution is 5.60. The van der Waals surface area contributed by atoms with E-state index in [0.29, 0.717) is 0 Å². The van der Waals surface area contributed by atoms with Gasteiger partial charge in [-0.3, -0.25) is 4.90 Å². The first kappa shape index (κ1) is 15.1. The monoisotopic (exact) mass is 321 g/mol. The number of hydrogen-bond acceptors (Lipinski definition) is 2. The van der Waals surface area contributed by atoms with Crippen molar-refractivity contribution in [2.24, 2.45) is 0 Å². The fraction of sp³-hybridized carbons (Fsp3) is 0.250. The van der Waals surface area contributed by atoms with Crippen molar-refractivity contribution in [1.82, 2.24) is 14.5 Å². The van der Waals surface area contributed by atoms with E-state index in [1.54, 1.807) is 0 Å². The van der Waals surface area contributed by atoms with Crippen molar-refractivity contribution in [3.63, 3.8) is 0 Å². The first-order chi connectivity index (χ1) is 11.7. The lowest BCUT2D eigenvalue weighted by molar-refractivity contribution is 0.209. The Morgan fingerprint density at radius 2 is 1.92 bits per heavy atom. The van der Waals surface area contributed by atoms with Gasteiger partial charge in [-0.15, -0.1) is 0 Å². The van der Waals surface area contributed by atoms with Crippen LogP contribution in [0.1, 0.15) is 17.0 Å². The van der Waals surface area contributed by atoms with Crippen molar-refractivity contribution in [2.75, 3.05) is 6.54 Å². The molecule has 3 aromatic rings. The Bertz CT molecular complexity index is 852. The molecule has 0 amide bonds. The molecule has 0 unspecified atom stereocenters. The van der Waals surface area contributed by atoms with E-state index >= 15 is 0 Å². The summed E-state index contributed by atoms with van der Waals surface area (Å²) in [5.74, 6) is 0.913. The molecule has 0 bridgehead atoms. The van der Waals surface area contributed by atoms with Crippen LogP contribution in [0.5, 0.6) is 0 Å². The molecule has 0 fully saturated rings. The van der Waals surface area contributed by atoms with E-state index in [1.165, 1.54) is 29.0 Å². The number of fused-ring (bicyclic) bond motifs is 1. The SMILES string of the molecule is Cc1cccc(-c2cnc3n2CCN(Cc2ccc(F)cc2)C3)c1. The molecule has 3 nitrogen and oxygen atoms in total. The smallest absolute Gasteiger partial charge is 0.123 e. The molecule has 0 atom stereocenters. The summed E-state index contributed by atoms with van der Waals surface area (Å²) in [5.41, 5.74) is 4.81. The number of halogens is 1. The van der Waals surface area contributed by atoms with Crippen molar-refractivity contribution in [1.29, 1.82) is 0 Å². The maximum atomic E-state index is 13.0. The van der Waals surface area contributed by atoms with E-state index in [-0.39, 0.29) is 5.82 Å². The van der Waals surface area contributed by atoms with Gasteiger partial charge in [-0.05, 0) is 30.7 Å². The predicted molar refractivity (Wildman–Crippen MR) is 92.9 cm³/mol. The molecule has 4 rings (SSSR count). The largest absolute Gasteiger partial charge is 0.326 e. The summed E-state index contributed by atoms with van der Waals surface area (Å²) >= 11 is 0. The number of hydrogen-bond donors (Lipinski definition) is 0. The van der Waals surface area contributed by atoms with E-state index in [9.17, 15) is 4.39 Å². The minimum Gasteiger partial charge on any atom is -0.326 e. The van der Waals surface area contributed by atoms with Crippen molar-refractivity contribution < 1.29 is 4.39 Å². The zero-order valence-electron chi connectivity index (χ0n) is 13.7. The van der Waals surface area contributed by atoms with Crippen LogP contribution in [0.25, 0.3) is 11.3 Å². The minimum absolute atomic E-state index is 0.185. The standard InChI is InChI=1S/C20H20FN3/c1-15-3-2-4-17(11-15)19-12-22-20-14-23(9-10-24(19)20)13-16-5-7-18(21)8-6-16/h2-8,11-12H,9-10,13-14H2,1H3. The van der Waals surface area contributed by atoms with Gasteiger partial charge in [0, 0.05) is 25.2 Å². The third-order valence-corrected chi connectivity index (χ3v) is 4.58. The first-order valence-corrected chi connectivity index (χ1v) is 8.27. The molecule has 2 heterocycles. The topological polar surface area (TPSA) is 21.1 Å². The van der Waals surface area contributed by atoms with Crippen LogP contribution < -0.4 is 0 Å². The third-order valence-electron chi connectivity index (χ3n) is 4.58. The summed E-state index contributed by atoms with van der Waals surface area (Å²) in [6.45, 7) is 5.66. The number of aryl methyl sites for hydroxylation is 1. The van der Waals surface area contributed by atoms with Crippen LogP contribution in [-0.2, 0) is 19.6 Å². The number of imidazole rings is 1. The van der Waals surface area contributed by atoms with Crippen LogP contribution in [0, 0.1) is 12.7 Å². The predicted octanol–water partition coefficient (Wildman–Crippen LogP) is 4.01. The summed E-state index contributed by atoms with van der Waals surface area (Å²) in [7, 11) is 0. The molecule has 0 aliphatic carbocycles. The van der Waals surface area contributed by atoms with Gasteiger partial charge in [-0.2, -0.15) is 0 Å². The molecule has 0 saturated carbocycles. The lowest BCUT2D eigenvalue weighted by Gasteiger charge is -2.28. The van der Waals surface area contributed by atoms with Gasteiger partial charge < -0.3 is 4.57 Å². The second kappa shape index (κ2) is 6.21. The summed E-state index contributed by atoms with van der Waals surface area (Å²) in [4.78, 5) is 6.99. The second-order valence-electron chi connectivity index (χ2n) is 6.42. The van der Waals surface area contributed by atoms with E-state index in [4.69, 9.17) is 0 Å². The Balaban J connectivity index is 1.53. The van der Waals surface area contributed by atoms with Gasteiger partial charge in [0.2, 0.25) is 0 Å². The molecule has 24 heavy (non-hydrogen) atoms. The Morgan fingerprint density at radius 1 is 1.08 bits per heavy atom. The van der Waals surface area contributed by atoms with Gasteiger partial charge in [-0.1, -0.05) is 35.9 Å². The van der Waals surface area contributed by atoms with Gasteiger partial charge in [0.25, 0.3) is 0 Å². The number of rotatable bonds is 3. The molecule has 0 spiro atoms. The summed E-state index contributed by atoms with van der Waals surface area (Å²) in [6.07, 6.45) is 1.98. The number of benzene rings is 2. The van der Waals surface area contributed by atoms with Crippen LogP contribution in [0.2, 0.25) is 0 Å². The van der Waals surface area contributed by atoms with E-state index in [1.807, 2.05) is 18.3 Å². The Morgan fingerprint density at radius 3 is 2.71 bits per heavy atom. The molecule has 122 valence electrons. The number of nitrogens with zero attached hydrogens (tertiary/aromatic N) is 3. The molecule has 4 heteroatoms. The van der Waals surface area contributed by atoms with Crippen molar-refractivity contribution in [3.05, 3.63) is 77.5 Å². The Kier molecular flexibility index (Phi) is 3.90. The Hall–Kier alpha value is -2.46. The van der Waals surface area contributed by atoms with Crippen LogP contribution in [-0.4, -0.2) is 21.0 Å². The fourth-order valence-corrected chi connectivity index (χ4v) is 3.33. The maximum absolute atomic E-state index is 13.0. The highest BCUT2D eigenvalue weighted by atomic mass is 19.1. The molecular weight excluding hydrogens is 301 g/mol. The molecule has 0 N–H and O–H groups in total. The van der Waals surface area contributed by atoms with Crippen LogP contribution in [0.15, 0.2) is 54.7 Å². The van der Waals surface area contributed by atoms with E-state index in [2.05, 4.69) is 45.6 Å². The third kappa shape index (κ3) is 2.97. The molecular formula is C20H20FN3. The van der Waals surface area contributed by atoms with Crippen molar-refractivity contribution in [2.45, 2.75) is 26.6 Å². The molecule has 0 radical (unpaired) electrons. The van der Waals surface area contributed by atoms with Gasteiger partial charge in [0.1, 0.15) is 11.6 Å². The van der Waals surface area contributed by atoms with Crippen molar-refractivity contribution in [3.8, 4) is 11.3 Å². The van der Waals surface area contributed by atoms with Crippen LogP contribution in [0.4, 0.5) is 4.39 Å². The zero-order valence-corrected chi connectivity index (χ0v) is 13.7. The molecule has 0 saturated heterocycles. The van der Waals surface area contributed by atoms with Crippen molar-refractivity contribution >= 4 is 0 Å². The summed E-state index contributed by atoms with van der Waals surface area (Å²) in [5, 5.41) is 0. The minimum atomic E-state index is -0.185. The quantitative estimate of drug-likeness (QED) is 0.727. The molecule has 1 aliphatic rings. The highest BCUT2D eigenvalue weighted by Gasteiger charge is 2.20. The molecule has 1 aliphatic heterocycles. The Labute approximate surface area is 141 Å². The molecule has 2 aromatic carbocycles. The second-order valence-corrected chi connectivity index (χ2v) is 6.42. The molecule has 1 aromatic heterocycles. The van der Waals surface area contributed by atoms with Crippen LogP contribution >= 0.6 is 0 Å². The average Bonchev–Trinajstić information content (AvgIpc) is 3.00. The number of aromatic nitrogens is 2. The van der Waals surface area contributed by atoms with Gasteiger partial charge in [0.15, 0.2) is 0 Å². The normalized spacial score (nSPS) is 14.6. The highest BCUT2D eigenvalue weighted by Crippen LogP contribution is 2.25. The summed E-state index contributed by atoms with van der Waals surface area (Å²) < 4.78 is 15.3. The average molecular weight is 321 g/mol. The fourth-order valence-electron chi connectivity index (χ4n) is 3.33. The first-order valence-electron chi connectivity index (χ1n) is 8.27.